The summed E-state index contributed by atoms with van der Waals surface area (Å²) in [6, 6.07) is 9.96. The van der Waals surface area contributed by atoms with E-state index in [1.165, 1.54) is 28.9 Å². The van der Waals surface area contributed by atoms with Gasteiger partial charge in [-0.25, -0.2) is 5.01 Å². The highest BCUT2D eigenvalue weighted by atomic mass is 32.2. The van der Waals surface area contributed by atoms with Crippen LogP contribution in [0.25, 0.3) is 5.70 Å². The Hall–Kier alpha value is -3.60. The van der Waals surface area contributed by atoms with E-state index >= 15 is 0 Å². The highest BCUT2D eigenvalue weighted by Crippen LogP contribution is 2.43. The van der Waals surface area contributed by atoms with Crippen molar-refractivity contribution in [1.82, 2.24) is 10.3 Å². The summed E-state index contributed by atoms with van der Waals surface area (Å²) in [4.78, 5) is 28.8. The number of para-hydroxylation sites is 1. The first-order valence-corrected chi connectivity index (χ1v) is 9.77. The molecule has 2 aromatic rings. The molecule has 1 unspecified atom stereocenters. The van der Waals surface area contributed by atoms with Crippen LogP contribution in [-0.2, 0) is 4.79 Å². The number of hydrogen-bond donors (Lipinski definition) is 1. The summed E-state index contributed by atoms with van der Waals surface area (Å²) < 4.78 is 10.7. The van der Waals surface area contributed by atoms with Gasteiger partial charge in [-0.3, -0.25) is 25.2 Å². The molecule has 1 N–H and O–H groups in total. The van der Waals surface area contributed by atoms with Gasteiger partial charge in [0.2, 0.25) is 6.79 Å². The molecule has 0 radical (unpaired) electrons. The van der Waals surface area contributed by atoms with Gasteiger partial charge in [-0.15, -0.1) is 5.10 Å². The fourth-order valence-corrected chi connectivity index (χ4v) is 3.80. The molecule has 11 heteroatoms. The third-order valence-electron chi connectivity index (χ3n) is 4.71. The van der Waals surface area contributed by atoms with Crippen LogP contribution in [0.15, 0.2) is 46.5 Å². The van der Waals surface area contributed by atoms with Crippen LogP contribution < -0.4 is 25.4 Å². The molecule has 0 spiro atoms. The maximum absolute atomic E-state index is 12.8. The van der Waals surface area contributed by atoms with Crippen LogP contribution in [0.5, 0.6) is 11.5 Å². The number of nitrogens with one attached hydrogen (secondary N) is 1. The van der Waals surface area contributed by atoms with Crippen molar-refractivity contribution in [3.63, 3.8) is 0 Å². The average Bonchev–Trinajstić information content (AvgIpc) is 3.19. The first kappa shape index (κ1) is 17.5. The van der Waals surface area contributed by atoms with Crippen molar-refractivity contribution >= 4 is 34.2 Å². The SMILES string of the molecule is CSC1=NN2C(=c3ccccc3=NC2c2cc3c(cc2[N+](=O)[O-])OCO3)C(=O)N1. The lowest BCUT2D eigenvalue weighted by atomic mass is 10.1. The zero-order valence-electron chi connectivity index (χ0n) is 15.0. The van der Waals surface area contributed by atoms with Crippen molar-refractivity contribution < 1.29 is 19.2 Å². The quantitative estimate of drug-likeness (QED) is 0.574. The number of nitrogens with zero attached hydrogens (tertiary/aromatic N) is 4. The molecule has 0 saturated heterocycles. The molecular formula is C18H13N5O5S. The van der Waals surface area contributed by atoms with Crippen molar-refractivity contribution in [2.75, 3.05) is 13.0 Å². The Kier molecular flexibility index (Phi) is 3.91. The molecule has 1 atom stereocenters. The van der Waals surface area contributed by atoms with Crippen LogP contribution in [0.4, 0.5) is 5.69 Å². The van der Waals surface area contributed by atoms with Gasteiger partial charge in [0.05, 0.1) is 21.9 Å². The molecule has 146 valence electrons. The average molecular weight is 411 g/mol. The van der Waals surface area contributed by atoms with Gasteiger partial charge in [-0.1, -0.05) is 30.0 Å². The number of nitro benzene ring substituents is 1. The van der Waals surface area contributed by atoms with E-state index in [0.717, 1.165) is 0 Å². The van der Waals surface area contributed by atoms with Gasteiger partial charge in [-0.05, 0) is 18.4 Å². The standard InChI is InChI=1S/C18H13N5O5S/c1-29-18-20-17(24)15-9-4-2-3-5-11(9)19-16(22(15)21-18)10-6-13-14(28-8-27-13)7-12(10)23(25)26/h2-7,16H,8H2,1H3,(H,20,21,24). The van der Waals surface area contributed by atoms with Gasteiger partial charge in [0, 0.05) is 5.22 Å². The van der Waals surface area contributed by atoms with E-state index in [-0.39, 0.29) is 29.6 Å². The molecule has 0 fully saturated rings. The van der Waals surface area contributed by atoms with Crippen LogP contribution in [0, 0.1) is 10.1 Å². The van der Waals surface area contributed by atoms with Crippen LogP contribution in [0.1, 0.15) is 11.7 Å². The van der Waals surface area contributed by atoms with Crippen molar-refractivity contribution in [2.45, 2.75) is 6.17 Å². The molecule has 10 nitrogen and oxygen atoms in total. The fraction of sp³-hybridized carbons (Fsp3) is 0.167. The van der Waals surface area contributed by atoms with E-state index in [2.05, 4.69) is 15.4 Å². The molecule has 0 aliphatic carbocycles. The summed E-state index contributed by atoms with van der Waals surface area (Å²) in [5.74, 6) is 0.336. The summed E-state index contributed by atoms with van der Waals surface area (Å²) >= 11 is 1.26. The number of hydrogen-bond acceptors (Lipinski definition) is 9. The summed E-state index contributed by atoms with van der Waals surface area (Å²) in [7, 11) is 0. The summed E-state index contributed by atoms with van der Waals surface area (Å²) in [5, 5.41) is 21.9. The molecule has 3 aliphatic rings. The van der Waals surface area contributed by atoms with Crippen molar-refractivity contribution in [3.8, 4) is 11.5 Å². The molecule has 1 amide bonds. The maximum atomic E-state index is 12.8. The smallest absolute Gasteiger partial charge is 0.280 e. The Bertz CT molecular complexity index is 1230. The highest BCUT2D eigenvalue weighted by Gasteiger charge is 2.38. The van der Waals surface area contributed by atoms with Gasteiger partial charge in [0.15, 0.2) is 22.8 Å². The molecular weight excluding hydrogens is 398 g/mol. The predicted molar refractivity (Wildman–Crippen MR) is 104 cm³/mol. The zero-order valence-corrected chi connectivity index (χ0v) is 15.8. The molecule has 29 heavy (non-hydrogen) atoms. The number of fused-ring (bicyclic) bond motifs is 3. The Labute approximate surface area is 167 Å². The lowest BCUT2D eigenvalue weighted by Gasteiger charge is -2.33. The monoisotopic (exact) mass is 411 g/mol. The second-order valence-corrected chi connectivity index (χ2v) is 7.09. The number of rotatable bonds is 2. The number of amidine groups is 1. The molecule has 0 saturated carbocycles. The number of benzene rings is 2. The topological polar surface area (TPSA) is 119 Å². The molecule has 2 aromatic carbocycles. The summed E-state index contributed by atoms with van der Waals surface area (Å²) in [6.07, 6.45) is 0.861. The van der Waals surface area contributed by atoms with Crippen molar-refractivity contribution in [3.05, 3.63) is 62.7 Å². The fourth-order valence-electron chi connectivity index (χ4n) is 3.43. The van der Waals surface area contributed by atoms with Crippen LogP contribution in [-0.4, -0.2) is 34.1 Å². The molecule has 5 rings (SSSR count). The van der Waals surface area contributed by atoms with E-state index in [1.54, 1.807) is 30.5 Å². The first-order valence-electron chi connectivity index (χ1n) is 8.55. The van der Waals surface area contributed by atoms with Crippen LogP contribution in [0.3, 0.4) is 0 Å². The van der Waals surface area contributed by atoms with Gasteiger partial charge < -0.3 is 9.47 Å². The number of ether oxygens (including phenoxy) is 2. The number of nitro groups is 1. The van der Waals surface area contributed by atoms with E-state index < -0.39 is 11.1 Å². The third kappa shape index (κ3) is 2.70. The lowest BCUT2D eigenvalue weighted by molar-refractivity contribution is -0.386. The minimum absolute atomic E-state index is 0.0150. The van der Waals surface area contributed by atoms with E-state index in [0.29, 0.717) is 27.2 Å². The minimum Gasteiger partial charge on any atom is -0.454 e. The Morgan fingerprint density at radius 1 is 1.28 bits per heavy atom. The summed E-state index contributed by atoms with van der Waals surface area (Å²) in [5.41, 5.74) is 0.351. The Balaban J connectivity index is 1.79. The van der Waals surface area contributed by atoms with E-state index in [1.807, 2.05) is 0 Å². The van der Waals surface area contributed by atoms with Crippen LogP contribution in [0.2, 0.25) is 0 Å². The number of thioether (sulfide) groups is 1. The highest BCUT2D eigenvalue weighted by molar-refractivity contribution is 8.13. The van der Waals surface area contributed by atoms with E-state index in [9.17, 15) is 14.9 Å². The number of amides is 1. The second kappa shape index (κ2) is 6.48. The van der Waals surface area contributed by atoms with Crippen molar-refractivity contribution in [1.29, 1.82) is 0 Å². The largest absolute Gasteiger partial charge is 0.454 e. The third-order valence-corrected chi connectivity index (χ3v) is 5.28. The Morgan fingerprint density at radius 3 is 2.79 bits per heavy atom. The van der Waals surface area contributed by atoms with Gasteiger partial charge in [0.1, 0.15) is 5.70 Å². The normalized spacial score (nSPS) is 19.0. The Morgan fingerprint density at radius 2 is 2.03 bits per heavy atom. The molecule has 0 aromatic heterocycles. The lowest BCUT2D eigenvalue weighted by Crippen LogP contribution is -2.50. The zero-order chi connectivity index (χ0) is 20.1. The molecule has 3 heterocycles. The van der Waals surface area contributed by atoms with Crippen LogP contribution >= 0.6 is 11.8 Å². The number of carbonyl (C=O) groups is 1. The molecule has 3 aliphatic heterocycles. The van der Waals surface area contributed by atoms with Gasteiger partial charge in [0.25, 0.3) is 11.6 Å². The predicted octanol–water partition coefficient (Wildman–Crippen LogP) is 0.829. The van der Waals surface area contributed by atoms with Gasteiger partial charge >= 0.3 is 0 Å². The number of carbonyl (C=O) groups excluding carboxylic acids is 1. The summed E-state index contributed by atoms with van der Waals surface area (Å²) in [6.45, 7) is -0.0150. The maximum Gasteiger partial charge on any atom is 0.280 e. The van der Waals surface area contributed by atoms with Crippen molar-refractivity contribution in [2.24, 2.45) is 10.1 Å². The molecule has 0 bridgehead atoms. The minimum atomic E-state index is -0.914. The second-order valence-electron chi connectivity index (χ2n) is 6.30. The first-order chi connectivity index (χ1) is 14.1. The van der Waals surface area contributed by atoms with E-state index in [4.69, 9.17) is 9.47 Å². The van der Waals surface area contributed by atoms with Gasteiger partial charge in [-0.2, -0.15) is 0 Å². The number of hydrazone groups is 1.